The van der Waals surface area contributed by atoms with Gasteiger partial charge in [0.25, 0.3) is 0 Å². The van der Waals surface area contributed by atoms with Crippen LogP contribution >= 0.6 is 15.9 Å². The van der Waals surface area contributed by atoms with Gasteiger partial charge in [0.15, 0.2) is 0 Å². The molecule has 0 spiro atoms. The smallest absolute Gasteiger partial charge is 0.0489 e. The number of benzene rings is 1. The molecule has 1 aliphatic heterocycles. The van der Waals surface area contributed by atoms with Crippen molar-refractivity contribution in [3.8, 4) is 0 Å². The quantitative estimate of drug-likeness (QED) is 0.875. The van der Waals surface area contributed by atoms with Crippen molar-refractivity contribution in [1.29, 1.82) is 0 Å². The van der Waals surface area contributed by atoms with Gasteiger partial charge in [0.1, 0.15) is 0 Å². The van der Waals surface area contributed by atoms with Crippen LogP contribution in [0.25, 0.3) is 0 Å². The lowest BCUT2D eigenvalue weighted by Gasteiger charge is -2.28. The summed E-state index contributed by atoms with van der Waals surface area (Å²) >= 11 is 3.66. The van der Waals surface area contributed by atoms with Gasteiger partial charge in [0.2, 0.25) is 0 Å². The standard InChI is InChI=1S/C16H23BrN2/c1-11-7-8-13(17)16(10-11)19-15-5-2-4-12(15)14-6-3-9-18-14/h7-8,10,12,14-15,18-19H,2-6,9H2,1H3. The molecule has 3 unspecified atom stereocenters. The van der Waals surface area contributed by atoms with Gasteiger partial charge in [-0.3, -0.25) is 0 Å². The van der Waals surface area contributed by atoms with E-state index >= 15 is 0 Å². The molecule has 104 valence electrons. The highest BCUT2D eigenvalue weighted by molar-refractivity contribution is 9.10. The Hall–Kier alpha value is -0.540. The van der Waals surface area contributed by atoms with E-state index in [2.05, 4.69) is 51.7 Å². The summed E-state index contributed by atoms with van der Waals surface area (Å²) in [5.41, 5.74) is 2.58. The lowest BCUT2D eigenvalue weighted by Crippen LogP contribution is -2.38. The summed E-state index contributed by atoms with van der Waals surface area (Å²) in [4.78, 5) is 0. The van der Waals surface area contributed by atoms with Crippen molar-refractivity contribution in [1.82, 2.24) is 5.32 Å². The number of hydrogen-bond acceptors (Lipinski definition) is 2. The van der Waals surface area contributed by atoms with E-state index in [0.717, 1.165) is 12.0 Å². The summed E-state index contributed by atoms with van der Waals surface area (Å²) in [5, 5.41) is 7.48. The minimum Gasteiger partial charge on any atom is -0.381 e. The van der Waals surface area contributed by atoms with Crippen molar-refractivity contribution < 1.29 is 0 Å². The Morgan fingerprint density at radius 1 is 1.21 bits per heavy atom. The van der Waals surface area contributed by atoms with Gasteiger partial charge in [-0.2, -0.15) is 0 Å². The van der Waals surface area contributed by atoms with Gasteiger partial charge in [-0.05, 0) is 78.7 Å². The van der Waals surface area contributed by atoms with Gasteiger partial charge in [-0.25, -0.2) is 0 Å². The zero-order valence-corrected chi connectivity index (χ0v) is 13.2. The van der Waals surface area contributed by atoms with E-state index in [0.29, 0.717) is 6.04 Å². The molecule has 3 heteroatoms. The number of aryl methyl sites for hydroxylation is 1. The second kappa shape index (κ2) is 5.84. The second-order valence-electron chi connectivity index (χ2n) is 6.03. The Balaban J connectivity index is 1.72. The van der Waals surface area contributed by atoms with E-state index in [1.165, 1.54) is 54.4 Å². The molecule has 1 aromatic carbocycles. The molecule has 0 amide bonds. The van der Waals surface area contributed by atoms with Gasteiger partial charge in [0.05, 0.1) is 0 Å². The highest BCUT2D eigenvalue weighted by Gasteiger charge is 2.35. The number of rotatable bonds is 3. The zero-order chi connectivity index (χ0) is 13.2. The van der Waals surface area contributed by atoms with Crippen LogP contribution in [-0.2, 0) is 0 Å². The number of anilines is 1. The molecule has 19 heavy (non-hydrogen) atoms. The lowest BCUT2D eigenvalue weighted by atomic mass is 9.93. The third-order valence-electron chi connectivity index (χ3n) is 4.65. The second-order valence-corrected chi connectivity index (χ2v) is 6.89. The molecule has 2 fully saturated rings. The fourth-order valence-electron chi connectivity index (χ4n) is 3.68. The fourth-order valence-corrected chi connectivity index (χ4v) is 4.04. The number of hydrogen-bond donors (Lipinski definition) is 2. The van der Waals surface area contributed by atoms with Gasteiger partial charge in [-0.1, -0.05) is 12.5 Å². The average molecular weight is 323 g/mol. The van der Waals surface area contributed by atoms with Crippen molar-refractivity contribution >= 4 is 21.6 Å². The molecule has 1 heterocycles. The van der Waals surface area contributed by atoms with E-state index in [1.54, 1.807) is 0 Å². The minimum absolute atomic E-state index is 0.633. The molecule has 3 atom stereocenters. The first-order chi connectivity index (χ1) is 9.24. The Morgan fingerprint density at radius 3 is 2.89 bits per heavy atom. The monoisotopic (exact) mass is 322 g/mol. The van der Waals surface area contributed by atoms with Crippen LogP contribution < -0.4 is 10.6 Å². The average Bonchev–Trinajstić information content (AvgIpc) is 3.03. The van der Waals surface area contributed by atoms with E-state index in [-0.39, 0.29) is 0 Å². The lowest BCUT2D eigenvalue weighted by molar-refractivity contribution is 0.376. The molecule has 2 nitrogen and oxygen atoms in total. The Kier molecular flexibility index (Phi) is 4.13. The van der Waals surface area contributed by atoms with E-state index in [9.17, 15) is 0 Å². The summed E-state index contributed by atoms with van der Waals surface area (Å²) < 4.78 is 1.18. The van der Waals surface area contributed by atoms with Gasteiger partial charge in [-0.15, -0.1) is 0 Å². The molecule has 3 rings (SSSR count). The predicted molar refractivity (Wildman–Crippen MR) is 84.7 cm³/mol. The summed E-state index contributed by atoms with van der Waals surface area (Å²) in [7, 11) is 0. The van der Waals surface area contributed by atoms with Crippen molar-refractivity contribution in [3.05, 3.63) is 28.2 Å². The SMILES string of the molecule is Cc1ccc(Br)c(NC2CCCC2C2CCCN2)c1. The van der Waals surface area contributed by atoms with E-state index < -0.39 is 0 Å². The Labute approximate surface area is 124 Å². The summed E-state index contributed by atoms with van der Waals surface area (Å²) in [6.45, 7) is 3.37. The predicted octanol–water partition coefficient (Wildman–Crippen LogP) is 4.09. The van der Waals surface area contributed by atoms with Gasteiger partial charge in [0, 0.05) is 22.2 Å². The van der Waals surface area contributed by atoms with Crippen LogP contribution in [0, 0.1) is 12.8 Å². The van der Waals surface area contributed by atoms with Crippen LogP contribution in [0.4, 0.5) is 5.69 Å². The van der Waals surface area contributed by atoms with Gasteiger partial charge < -0.3 is 10.6 Å². The maximum Gasteiger partial charge on any atom is 0.0489 e. The molecule has 2 N–H and O–H groups in total. The minimum atomic E-state index is 0.633. The van der Waals surface area contributed by atoms with Crippen LogP contribution in [0.3, 0.4) is 0 Å². The largest absolute Gasteiger partial charge is 0.381 e. The molecule has 1 saturated heterocycles. The highest BCUT2D eigenvalue weighted by atomic mass is 79.9. The number of nitrogens with one attached hydrogen (secondary N) is 2. The first kappa shape index (κ1) is 13.4. The highest BCUT2D eigenvalue weighted by Crippen LogP contribution is 2.35. The van der Waals surface area contributed by atoms with Crippen LogP contribution in [0.5, 0.6) is 0 Å². The fraction of sp³-hybridized carbons (Fsp3) is 0.625. The molecule has 1 aromatic rings. The van der Waals surface area contributed by atoms with Crippen LogP contribution in [-0.4, -0.2) is 18.6 Å². The third kappa shape index (κ3) is 2.97. The van der Waals surface area contributed by atoms with E-state index in [1.807, 2.05) is 0 Å². The zero-order valence-electron chi connectivity index (χ0n) is 11.6. The molecule has 0 bridgehead atoms. The topological polar surface area (TPSA) is 24.1 Å². The molecular formula is C16H23BrN2. The van der Waals surface area contributed by atoms with Crippen LogP contribution in [0.1, 0.15) is 37.7 Å². The summed E-state index contributed by atoms with van der Waals surface area (Å²) in [6, 6.07) is 7.92. The van der Waals surface area contributed by atoms with Crippen molar-refractivity contribution in [2.24, 2.45) is 5.92 Å². The molecule has 0 aromatic heterocycles. The third-order valence-corrected chi connectivity index (χ3v) is 5.34. The Bertz CT molecular complexity index is 440. The van der Waals surface area contributed by atoms with E-state index in [4.69, 9.17) is 0 Å². The maximum atomic E-state index is 3.79. The molecular weight excluding hydrogens is 300 g/mol. The Morgan fingerprint density at radius 2 is 2.11 bits per heavy atom. The first-order valence-corrected chi connectivity index (χ1v) is 8.29. The van der Waals surface area contributed by atoms with Crippen LogP contribution in [0.2, 0.25) is 0 Å². The molecule has 1 aliphatic carbocycles. The van der Waals surface area contributed by atoms with Crippen LogP contribution in [0.15, 0.2) is 22.7 Å². The van der Waals surface area contributed by atoms with Crippen molar-refractivity contribution in [3.63, 3.8) is 0 Å². The number of halogens is 1. The van der Waals surface area contributed by atoms with Gasteiger partial charge >= 0.3 is 0 Å². The first-order valence-electron chi connectivity index (χ1n) is 7.50. The molecule has 1 saturated carbocycles. The van der Waals surface area contributed by atoms with Crippen molar-refractivity contribution in [2.75, 3.05) is 11.9 Å². The molecule has 2 aliphatic rings. The van der Waals surface area contributed by atoms with Crippen molar-refractivity contribution in [2.45, 2.75) is 51.1 Å². The molecule has 0 radical (unpaired) electrons. The normalized spacial score (nSPS) is 30.7. The summed E-state index contributed by atoms with van der Waals surface area (Å²) in [5.74, 6) is 0.801. The summed E-state index contributed by atoms with van der Waals surface area (Å²) in [6.07, 6.45) is 6.76. The maximum absolute atomic E-state index is 3.79.